The second-order valence-electron chi connectivity index (χ2n) is 3.77. The van der Waals surface area contributed by atoms with Gasteiger partial charge in [-0.2, -0.15) is 5.26 Å². The Labute approximate surface area is 102 Å². The number of thiazole rings is 1. The van der Waals surface area contributed by atoms with E-state index in [1.807, 2.05) is 6.07 Å². The maximum absolute atomic E-state index is 8.61. The van der Waals surface area contributed by atoms with Crippen molar-refractivity contribution in [1.82, 2.24) is 15.0 Å². The van der Waals surface area contributed by atoms with Gasteiger partial charge in [-0.25, -0.2) is 15.0 Å². The number of hydrogen-bond acceptors (Lipinski definition) is 6. The van der Waals surface area contributed by atoms with Crippen molar-refractivity contribution >= 4 is 22.3 Å². The van der Waals surface area contributed by atoms with E-state index < -0.39 is 0 Å². The molecule has 0 unspecified atom stereocenters. The van der Waals surface area contributed by atoms with Crippen LogP contribution in [0, 0.1) is 11.3 Å². The van der Waals surface area contributed by atoms with Gasteiger partial charge in [-0.3, -0.25) is 0 Å². The zero-order valence-electron chi connectivity index (χ0n) is 8.97. The molecule has 2 aromatic rings. The monoisotopic (exact) mass is 243 g/mol. The van der Waals surface area contributed by atoms with E-state index in [1.165, 1.54) is 23.2 Å². The molecule has 0 aliphatic heterocycles. The summed E-state index contributed by atoms with van der Waals surface area (Å²) in [5.41, 5.74) is 1.52. The fourth-order valence-corrected chi connectivity index (χ4v) is 2.86. The minimum Gasteiger partial charge on any atom is -0.315 e. The van der Waals surface area contributed by atoms with Gasteiger partial charge in [0, 0.05) is 4.88 Å². The summed E-state index contributed by atoms with van der Waals surface area (Å²) in [6.07, 6.45) is 6.42. The molecule has 1 aliphatic carbocycles. The molecule has 17 heavy (non-hydrogen) atoms. The fourth-order valence-electron chi connectivity index (χ4n) is 1.80. The van der Waals surface area contributed by atoms with Crippen molar-refractivity contribution < 1.29 is 0 Å². The molecule has 84 valence electrons. The third kappa shape index (κ3) is 1.97. The van der Waals surface area contributed by atoms with Crippen molar-refractivity contribution in [3.8, 4) is 6.07 Å². The minimum atomic E-state index is 0.317. The Bertz CT molecular complexity index is 559. The van der Waals surface area contributed by atoms with E-state index >= 15 is 0 Å². The molecule has 0 saturated heterocycles. The summed E-state index contributed by atoms with van der Waals surface area (Å²) >= 11 is 1.67. The highest BCUT2D eigenvalue weighted by Gasteiger charge is 2.16. The van der Waals surface area contributed by atoms with Crippen LogP contribution in [-0.2, 0) is 12.8 Å². The maximum atomic E-state index is 8.61. The second-order valence-corrected chi connectivity index (χ2v) is 4.85. The van der Waals surface area contributed by atoms with E-state index in [-0.39, 0.29) is 0 Å². The third-order valence-corrected chi connectivity index (χ3v) is 3.67. The smallest absolute Gasteiger partial charge is 0.188 e. The van der Waals surface area contributed by atoms with Gasteiger partial charge in [0.25, 0.3) is 0 Å². The Hall–Kier alpha value is -2.00. The van der Waals surface area contributed by atoms with Crippen molar-refractivity contribution in [2.45, 2.75) is 19.3 Å². The molecule has 0 saturated carbocycles. The number of fused-ring (bicyclic) bond motifs is 1. The molecule has 6 heteroatoms. The Morgan fingerprint density at radius 3 is 2.94 bits per heavy atom. The van der Waals surface area contributed by atoms with Gasteiger partial charge in [0.2, 0.25) is 0 Å². The van der Waals surface area contributed by atoms with Gasteiger partial charge < -0.3 is 5.32 Å². The molecule has 1 N–H and O–H groups in total. The number of anilines is 2. The summed E-state index contributed by atoms with van der Waals surface area (Å²) in [7, 11) is 0. The Morgan fingerprint density at radius 2 is 2.24 bits per heavy atom. The molecule has 1 aliphatic rings. The van der Waals surface area contributed by atoms with Gasteiger partial charge in [-0.1, -0.05) is 0 Å². The first-order valence-electron chi connectivity index (χ1n) is 5.33. The first-order valence-corrected chi connectivity index (χ1v) is 6.14. The molecule has 0 spiro atoms. The molecule has 0 bridgehead atoms. The average Bonchev–Trinajstić information content (AvgIpc) is 2.90. The normalized spacial score (nSPS) is 13.1. The van der Waals surface area contributed by atoms with Crippen molar-refractivity contribution in [3.63, 3.8) is 0 Å². The molecule has 0 radical (unpaired) electrons. The molecular weight excluding hydrogens is 234 g/mol. The van der Waals surface area contributed by atoms with Gasteiger partial charge in [-0.15, -0.1) is 11.3 Å². The molecule has 0 amide bonds. The van der Waals surface area contributed by atoms with Crippen LogP contribution < -0.4 is 5.32 Å². The molecular formula is C11H9N5S. The van der Waals surface area contributed by atoms with Crippen molar-refractivity contribution in [3.05, 3.63) is 28.7 Å². The van der Waals surface area contributed by atoms with E-state index in [1.54, 1.807) is 17.5 Å². The molecule has 2 heterocycles. The van der Waals surface area contributed by atoms with Gasteiger partial charge in [-0.05, 0) is 19.3 Å². The fraction of sp³-hybridized carbons (Fsp3) is 0.273. The van der Waals surface area contributed by atoms with E-state index in [0.29, 0.717) is 11.5 Å². The minimum absolute atomic E-state index is 0.317. The van der Waals surface area contributed by atoms with Crippen LogP contribution in [0.3, 0.4) is 0 Å². The van der Waals surface area contributed by atoms with Crippen LogP contribution in [0.5, 0.6) is 0 Å². The SMILES string of the molecule is N#Cc1cnc(Nc2nc3c(s2)CCC3)cn1. The van der Waals surface area contributed by atoms with Crippen molar-refractivity contribution in [2.75, 3.05) is 5.32 Å². The highest BCUT2D eigenvalue weighted by Crippen LogP contribution is 2.31. The molecule has 3 rings (SSSR count). The summed E-state index contributed by atoms with van der Waals surface area (Å²) in [6.45, 7) is 0. The Kier molecular flexibility index (Phi) is 2.46. The number of rotatable bonds is 2. The van der Waals surface area contributed by atoms with Gasteiger partial charge >= 0.3 is 0 Å². The second kappa shape index (κ2) is 4.11. The number of hydrogen-bond donors (Lipinski definition) is 1. The van der Waals surface area contributed by atoms with Crippen LogP contribution in [0.15, 0.2) is 12.4 Å². The highest BCUT2D eigenvalue weighted by molar-refractivity contribution is 7.15. The third-order valence-electron chi connectivity index (χ3n) is 2.60. The van der Waals surface area contributed by atoms with Gasteiger partial charge in [0.15, 0.2) is 16.6 Å². The van der Waals surface area contributed by atoms with Crippen molar-refractivity contribution in [1.29, 1.82) is 5.26 Å². The molecule has 0 fully saturated rings. The zero-order chi connectivity index (χ0) is 11.7. The topological polar surface area (TPSA) is 74.5 Å². The van der Waals surface area contributed by atoms with E-state index in [9.17, 15) is 0 Å². The number of nitrogens with zero attached hydrogens (tertiary/aromatic N) is 4. The maximum Gasteiger partial charge on any atom is 0.188 e. The Balaban J connectivity index is 1.79. The standard InChI is InChI=1S/C11H9N5S/c12-4-7-5-14-10(6-13-7)16-11-15-8-2-1-3-9(8)17-11/h5-6H,1-3H2,(H,14,15,16). The van der Waals surface area contributed by atoms with Crippen LogP contribution in [0.1, 0.15) is 22.7 Å². The largest absolute Gasteiger partial charge is 0.315 e. The lowest BCUT2D eigenvalue weighted by molar-refractivity contribution is 0.900. The predicted molar refractivity (Wildman–Crippen MR) is 64.2 cm³/mol. The van der Waals surface area contributed by atoms with E-state index in [2.05, 4.69) is 20.3 Å². The average molecular weight is 243 g/mol. The lowest BCUT2D eigenvalue weighted by Crippen LogP contribution is -1.95. The van der Waals surface area contributed by atoms with E-state index in [0.717, 1.165) is 18.0 Å². The Morgan fingerprint density at radius 1 is 1.29 bits per heavy atom. The first kappa shape index (κ1) is 10.2. The molecule has 5 nitrogen and oxygen atoms in total. The summed E-state index contributed by atoms with van der Waals surface area (Å²) in [6, 6.07) is 1.94. The number of nitriles is 1. The predicted octanol–water partition coefficient (Wildman–Crippen LogP) is 2.04. The van der Waals surface area contributed by atoms with Crippen LogP contribution in [0.4, 0.5) is 10.9 Å². The summed E-state index contributed by atoms with van der Waals surface area (Å²) < 4.78 is 0. The zero-order valence-corrected chi connectivity index (χ0v) is 9.79. The van der Waals surface area contributed by atoms with Crippen LogP contribution in [0.2, 0.25) is 0 Å². The van der Waals surface area contributed by atoms with Gasteiger partial charge in [0.05, 0.1) is 18.1 Å². The highest BCUT2D eigenvalue weighted by atomic mass is 32.1. The van der Waals surface area contributed by atoms with E-state index in [4.69, 9.17) is 5.26 Å². The summed E-state index contributed by atoms with van der Waals surface area (Å²) in [4.78, 5) is 13.9. The van der Waals surface area contributed by atoms with Crippen molar-refractivity contribution in [2.24, 2.45) is 0 Å². The molecule has 0 atom stereocenters. The molecule has 0 aromatic carbocycles. The quantitative estimate of drug-likeness (QED) is 0.873. The lowest BCUT2D eigenvalue weighted by atomic mass is 10.4. The summed E-state index contributed by atoms with van der Waals surface area (Å²) in [5.74, 6) is 0.622. The summed E-state index contributed by atoms with van der Waals surface area (Å²) in [5, 5.41) is 12.6. The number of aryl methyl sites for hydroxylation is 2. The van der Waals surface area contributed by atoms with Gasteiger partial charge in [0.1, 0.15) is 6.07 Å². The number of aromatic nitrogens is 3. The van der Waals surface area contributed by atoms with Crippen LogP contribution in [0.25, 0.3) is 0 Å². The number of nitrogens with one attached hydrogen (secondary N) is 1. The van der Waals surface area contributed by atoms with Crippen LogP contribution >= 0.6 is 11.3 Å². The molecule has 2 aromatic heterocycles. The van der Waals surface area contributed by atoms with Crippen LogP contribution in [-0.4, -0.2) is 15.0 Å². The lowest BCUT2D eigenvalue weighted by Gasteiger charge is -2.00. The first-order chi connectivity index (χ1) is 8.35.